The van der Waals surface area contributed by atoms with Crippen LogP contribution in [0.2, 0.25) is 0 Å². The summed E-state index contributed by atoms with van der Waals surface area (Å²) in [5.74, 6) is -1.64. The molecule has 0 heterocycles. The van der Waals surface area contributed by atoms with Crippen LogP contribution in [0.4, 0.5) is 14.5 Å². The average molecular weight is 426 g/mol. The van der Waals surface area contributed by atoms with Crippen molar-refractivity contribution in [3.63, 3.8) is 0 Å². The first-order chi connectivity index (χ1) is 13.5. The van der Waals surface area contributed by atoms with Crippen molar-refractivity contribution in [1.29, 1.82) is 0 Å². The van der Waals surface area contributed by atoms with Crippen molar-refractivity contribution >= 4 is 29.3 Å². The summed E-state index contributed by atoms with van der Waals surface area (Å²) in [6.45, 7) is 7.66. The topological polar surface area (TPSA) is 46.2 Å². The molecule has 1 N–H and O–H groups in total. The number of carbonyl (C=O) groups excluding carboxylic acids is 2. The Balaban J connectivity index is 2.33. The molecule has 0 atom stereocenters. The lowest BCUT2D eigenvalue weighted by atomic mass is 9.69. The van der Waals surface area contributed by atoms with Crippen LogP contribution < -0.4 is 5.32 Å². The molecule has 1 aliphatic carbocycles. The Kier molecular flexibility index (Phi) is 7.88. The van der Waals surface area contributed by atoms with Gasteiger partial charge in [0.25, 0.3) is 0 Å². The number of amides is 1. The Morgan fingerprint density at radius 2 is 1.72 bits per heavy atom. The van der Waals surface area contributed by atoms with E-state index in [1.54, 1.807) is 13.8 Å². The van der Waals surface area contributed by atoms with Crippen LogP contribution in [0.1, 0.15) is 78.2 Å². The predicted octanol–water partition coefficient (Wildman–Crippen LogP) is 6.32. The van der Waals surface area contributed by atoms with Gasteiger partial charge in [-0.15, -0.1) is 12.6 Å². The summed E-state index contributed by atoms with van der Waals surface area (Å²) in [5.41, 5.74) is -0.697. The van der Waals surface area contributed by atoms with Crippen LogP contribution in [-0.2, 0) is 16.0 Å². The van der Waals surface area contributed by atoms with Crippen LogP contribution in [0, 0.1) is 28.4 Å². The molecule has 6 heteroatoms. The van der Waals surface area contributed by atoms with E-state index in [4.69, 9.17) is 0 Å². The number of rotatable bonds is 8. The van der Waals surface area contributed by atoms with Crippen molar-refractivity contribution in [2.24, 2.45) is 16.7 Å². The molecule has 162 valence electrons. The molecule has 29 heavy (non-hydrogen) atoms. The first-order valence-corrected chi connectivity index (χ1v) is 10.9. The predicted molar refractivity (Wildman–Crippen MR) is 116 cm³/mol. The second-order valence-corrected chi connectivity index (χ2v) is 9.92. The van der Waals surface area contributed by atoms with E-state index < -0.39 is 22.5 Å². The van der Waals surface area contributed by atoms with Gasteiger partial charge in [0.1, 0.15) is 0 Å². The molecule has 1 saturated carbocycles. The van der Waals surface area contributed by atoms with Crippen molar-refractivity contribution in [2.75, 3.05) is 5.32 Å². The lowest BCUT2D eigenvalue weighted by molar-refractivity contribution is -0.128. The Hall–Kier alpha value is -1.43. The number of benzene rings is 1. The SMILES string of the molecule is CC(C)CCC1(C(=O)Nc2cc(F)c(F)cc2CC(C)(C)C(=O)S)CCCCC1. The molecule has 0 aromatic heterocycles. The molecule has 1 fully saturated rings. The van der Waals surface area contributed by atoms with E-state index in [9.17, 15) is 18.4 Å². The number of halogens is 2. The summed E-state index contributed by atoms with van der Waals surface area (Å²) < 4.78 is 27.9. The minimum atomic E-state index is -1.01. The molecule has 1 aromatic rings. The lowest BCUT2D eigenvalue weighted by Crippen LogP contribution is -2.38. The molecule has 0 aliphatic heterocycles. The van der Waals surface area contributed by atoms with Crippen LogP contribution in [-0.4, -0.2) is 11.0 Å². The van der Waals surface area contributed by atoms with Gasteiger partial charge in [0.2, 0.25) is 5.91 Å². The van der Waals surface area contributed by atoms with Gasteiger partial charge in [-0.05, 0) is 49.7 Å². The van der Waals surface area contributed by atoms with E-state index in [1.165, 1.54) is 0 Å². The van der Waals surface area contributed by atoms with Gasteiger partial charge in [-0.25, -0.2) is 8.78 Å². The molecule has 0 unspecified atom stereocenters. The highest BCUT2D eigenvalue weighted by atomic mass is 32.1. The monoisotopic (exact) mass is 425 g/mol. The van der Waals surface area contributed by atoms with Crippen molar-refractivity contribution in [3.8, 4) is 0 Å². The van der Waals surface area contributed by atoms with Crippen LogP contribution in [0.25, 0.3) is 0 Å². The van der Waals surface area contributed by atoms with Crippen LogP contribution >= 0.6 is 12.6 Å². The van der Waals surface area contributed by atoms with Crippen molar-refractivity contribution in [2.45, 2.75) is 79.1 Å². The number of hydrogen-bond donors (Lipinski definition) is 2. The second kappa shape index (κ2) is 9.59. The van der Waals surface area contributed by atoms with E-state index in [0.29, 0.717) is 11.5 Å². The first kappa shape index (κ1) is 23.8. The number of hydrogen-bond acceptors (Lipinski definition) is 2. The standard InChI is InChI=1S/C23H33F2NO2S/c1-15(2)8-11-23(9-6-5-7-10-23)20(27)26-19-13-18(25)17(24)12-16(19)14-22(3,4)21(28)29/h12-13,15H,5-11,14H2,1-4H3,(H,26,27)(H,28,29). The molecule has 0 bridgehead atoms. The third-order valence-electron chi connectivity index (χ3n) is 6.10. The summed E-state index contributed by atoms with van der Waals surface area (Å²) in [6.07, 6.45) is 6.62. The second-order valence-electron chi connectivity index (χ2n) is 9.52. The summed E-state index contributed by atoms with van der Waals surface area (Å²) in [4.78, 5) is 25.2. The third kappa shape index (κ3) is 6.03. The summed E-state index contributed by atoms with van der Waals surface area (Å²) in [7, 11) is 0. The fourth-order valence-electron chi connectivity index (χ4n) is 4.04. The van der Waals surface area contributed by atoms with Gasteiger partial charge < -0.3 is 5.32 Å². The van der Waals surface area contributed by atoms with Crippen molar-refractivity contribution < 1.29 is 18.4 Å². The highest BCUT2D eigenvalue weighted by Gasteiger charge is 2.39. The highest BCUT2D eigenvalue weighted by Crippen LogP contribution is 2.42. The molecule has 0 spiro atoms. The lowest BCUT2D eigenvalue weighted by Gasteiger charge is -2.37. The Labute approximate surface area is 178 Å². The van der Waals surface area contributed by atoms with Gasteiger partial charge >= 0.3 is 0 Å². The molecular formula is C23H33F2NO2S. The molecule has 2 rings (SSSR count). The number of anilines is 1. The van der Waals surface area contributed by atoms with Gasteiger partial charge in [-0.3, -0.25) is 9.59 Å². The third-order valence-corrected chi connectivity index (χ3v) is 6.70. The molecule has 0 radical (unpaired) electrons. The zero-order chi connectivity index (χ0) is 21.8. The maximum atomic E-state index is 14.0. The number of carbonyl (C=O) groups is 2. The molecule has 0 saturated heterocycles. The van der Waals surface area contributed by atoms with Crippen LogP contribution in [0.5, 0.6) is 0 Å². The maximum absolute atomic E-state index is 14.0. The molecule has 1 amide bonds. The van der Waals surface area contributed by atoms with Gasteiger partial charge in [-0.1, -0.05) is 47.0 Å². The fraction of sp³-hybridized carbons (Fsp3) is 0.652. The average Bonchev–Trinajstić information content (AvgIpc) is 2.64. The van der Waals surface area contributed by atoms with E-state index >= 15 is 0 Å². The van der Waals surface area contributed by atoms with Gasteiger partial charge in [0.05, 0.1) is 0 Å². The van der Waals surface area contributed by atoms with E-state index in [1.807, 2.05) is 0 Å². The van der Waals surface area contributed by atoms with E-state index in [2.05, 4.69) is 31.8 Å². The molecule has 1 aliphatic rings. The maximum Gasteiger partial charge on any atom is 0.230 e. The van der Waals surface area contributed by atoms with E-state index in [0.717, 1.165) is 57.1 Å². The number of thiol groups is 1. The summed E-state index contributed by atoms with van der Waals surface area (Å²) in [5, 5.41) is 2.55. The van der Waals surface area contributed by atoms with Gasteiger partial charge in [0, 0.05) is 22.6 Å². The Bertz CT molecular complexity index is 755. The summed E-state index contributed by atoms with van der Waals surface area (Å²) in [6, 6.07) is 2.10. The minimum Gasteiger partial charge on any atom is -0.325 e. The highest BCUT2D eigenvalue weighted by molar-refractivity contribution is 7.96. The number of nitrogens with one attached hydrogen (secondary N) is 1. The van der Waals surface area contributed by atoms with Crippen LogP contribution in [0.15, 0.2) is 12.1 Å². The largest absolute Gasteiger partial charge is 0.325 e. The fourth-order valence-corrected chi connectivity index (χ4v) is 4.12. The van der Waals surface area contributed by atoms with Crippen molar-refractivity contribution in [3.05, 3.63) is 29.3 Å². The van der Waals surface area contributed by atoms with Crippen molar-refractivity contribution in [1.82, 2.24) is 0 Å². The van der Waals surface area contributed by atoms with Gasteiger partial charge in [0.15, 0.2) is 16.7 Å². The molecule has 3 nitrogen and oxygen atoms in total. The molecule has 1 aromatic carbocycles. The molecular weight excluding hydrogens is 392 g/mol. The smallest absolute Gasteiger partial charge is 0.230 e. The Morgan fingerprint density at radius 1 is 1.14 bits per heavy atom. The van der Waals surface area contributed by atoms with Gasteiger partial charge in [-0.2, -0.15) is 0 Å². The van der Waals surface area contributed by atoms with Crippen LogP contribution in [0.3, 0.4) is 0 Å². The summed E-state index contributed by atoms with van der Waals surface area (Å²) >= 11 is 3.91. The quantitative estimate of drug-likeness (QED) is 0.479. The Morgan fingerprint density at radius 3 is 2.28 bits per heavy atom. The first-order valence-electron chi connectivity index (χ1n) is 10.5. The normalized spacial score (nSPS) is 16.7. The zero-order valence-electron chi connectivity index (χ0n) is 17.9. The van der Waals surface area contributed by atoms with E-state index in [-0.39, 0.29) is 23.1 Å². The minimum absolute atomic E-state index is 0.125. The zero-order valence-corrected chi connectivity index (χ0v) is 18.8.